The van der Waals surface area contributed by atoms with E-state index in [0.717, 1.165) is 27.9 Å². The van der Waals surface area contributed by atoms with Crippen LogP contribution in [0.5, 0.6) is 5.75 Å². The predicted molar refractivity (Wildman–Crippen MR) is 101 cm³/mol. The highest BCUT2D eigenvalue weighted by Crippen LogP contribution is 2.45. The molecule has 2 aromatic rings. The quantitative estimate of drug-likeness (QED) is 0.690. The number of benzene rings is 2. The van der Waals surface area contributed by atoms with E-state index in [9.17, 15) is 4.79 Å². The molecule has 0 saturated carbocycles. The number of anilines is 1. The second kappa shape index (κ2) is 6.25. The standard InChI is InChI=1S/C20H22BrNO2/c1-13-12-20(2,3)22(18-9-8-16(24-4)11-17(13)18)19(23)14-6-5-7-15(21)10-14/h5-11,13H,12H2,1-4H3/t13-/m0/s1. The number of carbonyl (C=O) groups is 1. The van der Waals surface area contributed by atoms with E-state index in [1.807, 2.05) is 41.3 Å². The molecular formula is C20H22BrNO2. The first-order valence-corrected chi connectivity index (χ1v) is 8.91. The van der Waals surface area contributed by atoms with Crippen molar-refractivity contribution in [3.05, 3.63) is 58.1 Å². The monoisotopic (exact) mass is 387 g/mol. The van der Waals surface area contributed by atoms with Crippen molar-refractivity contribution in [2.45, 2.75) is 38.6 Å². The third-order valence-corrected chi connectivity index (χ3v) is 5.19. The topological polar surface area (TPSA) is 29.5 Å². The fourth-order valence-electron chi connectivity index (χ4n) is 3.67. The Kier molecular flexibility index (Phi) is 4.43. The van der Waals surface area contributed by atoms with Crippen molar-refractivity contribution in [3.63, 3.8) is 0 Å². The van der Waals surface area contributed by atoms with Crippen LogP contribution in [-0.4, -0.2) is 18.6 Å². The van der Waals surface area contributed by atoms with Crippen molar-refractivity contribution in [2.24, 2.45) is 0 Å². The molecule has 0 aliphatic carbocycles. The summed E-state index contributed by atoms with van der Waals surface area (Å²) in [4.78, 5) is 15.2. The van der Waals surface area contributed by atoms with E-state index in [1.165, 1.54) is 0 Å². The van der Waals surface area contributed by atoms with Gasteiger partial charge in [-0.05, 0) is 68.1 Å². The summed E-state index contributed by atoms with van der Waals surface area (Å²) >= 11 is 3.46. The Bertz CT molecular complexity index is 785. The highest BCUT2D eigenvalue weighted by atomic mass is 79.9. The average Bonchev–Trinajstić information content (AvgIpc) is 2.53. The van der Waals surface area contributed by atoms with Gasteiger partial charge in [0.15, 0.2) is 0 Å². The maximum Gasteiger partial charge on any atom is 0.258 e. The molecule has 1 aliphatic rings. The Labute approximate surface area is 151 Å². The maximum absolute atomic E-state index is 13.3. The third kappa shape index (κ3) is 2.95. The molecule has 0 fully saturated rings. The van der Waals surface area contributed by atoms with Gasteiger partial charge in [-0.3, -0.25) is 4.79 Å². The third-order valence-electron chi connectivity index (χ3n) is 4.69. The smallest absolute Gasteiger partial charge is 0.258 e. The second-order valence-electron chi connectivity index (χ2n) is 6.99. The molecule has 0 radical (unpaired) electrons. The highest BCUT2D eigenvalue weighted by molar-refractivity contribution is 9.10. The summed E-state index contributed by atoms with van der Waals surface area (Å²) in [6, 6.07) is 13.5. The van der Waals surface area contributed by atoms with Crippen molar-refractivity contribution in [2.75, 3.05) is 12.0 Å². The summed E-state index contributed by atoms with van der Waals surface area (Å²) in [6.45, 7) is 6.47. The number of rotatable bonds is 2. The van der Waals surface area contributed by atoms with Gasteiger partial charge in [0.25, 0.3) is 5.91 Å². The lowest BCUT2D eigenvalue weighted by atomic mass is 9.79. The van der Waals surface area contributed by atoms with Gasteiger partial charge in [-0.25, -0.2) is 0 Å². The second-order valence-corrected chi connectivity index (χ2v) is 7.91. The Balaban J connectivity index is 2.12. The van der Waals surface area contributed by atoms with Gasteiger partial charge in [-0.2, -0.15) is 0 Å². The van der Waals surface area contributed by atoms with E-state index in [1.54, 1.807) is 7.11 Å². The van der Waals surface area contributed by atoms with Gasteiger partial charge in [-0.1, -0.05) is 28.9 Å². The molecule has 1 heterocycles. The summed E-state index contributed by atoms with van der Waals surface area (Å²) in [5, 5.41) is 0. The van der Waals surface area contributed by atoms with Gasteiger partial charge in [0.05, 0.1) is 7.11 Å². The largest absolute Gasteiger partial charge is 0.497 e. The Morgan fingerprint density at radius 1 is 1.25 bits per heavy atom. The van der Waals surface area contributed by atoms with Crippen LogP contribution in [0.1, 0.15) is 49.0 Å². The Morgan fingerprint density at radius 2 is 2.00 bits per heavy atom. The van der Waals surface area contributed by atoms with Gasteiger partial charge in [-0.15, -0.1) is 0 Å². The van der Waals surface area contributed by atoms with Crippen LogP contribution in [0.2, 0.25) is 0 Å². The number of carbonyl (C=O) groups excluding carboxylic acids is 1. The Morgan fingerprint density at radius 3 is 2.67 bits per heavy atom. The summed E-state index contributed by atoms with van der Waals surface area (Å²) in [5.74, 6) is 1.23. The lowest BCUT2D eigenvalue weighted by molar-refractivity contribution is 0.0953. The number of methoxy groups -OCH3 is 1. The molecule has 3 nitrogen and oxygen atoms in total. The number of fused-ring (bicyclic) bond motifs is 1. The fourth-order valence-corrected chi connectivity index (χ4v) is 4.07. The summed E-state index contributed by atoms with van der Waals surface area (Å²) < 4.78 is 6.28. The number of hydrogen-bond acceptors (Lipinski definition) is 2. The van der Waals surface area contributed by atoms with Crippen LogP contribution in [0.15, 0.2) is 46.9 Å². The van der Waals surface area contributed by atoms with E-state index in [-0.39, 0.29) is 11.4 Å². The molecule has 0 bridgehead atoms. The van der Waals surface area contributed by atoms with Crippen molar-refractivity contribution in [3.8, 4) is 5.75 Å². The van der Waals surface area contributed by atoms with E-state index in [2.05, 4.69) is 42.8 Å². The number of hydrogen-bond donors (Lipinski definition) is 0. The minimum absolute atomic E-state index is 0.0274. The highest BCUT2D eigenvalue weighted by Gasteiger charge is 2.40. The first kappa shape index (κ1) is 17.0. The lowest BCUT2D eigenvalue weighted by Crippen LogP contribution is -2.51. The van der Waals surface area contributed by atoms with Crippen LogP contribution in [-0.2, 0) is 0 Å². The van der Waals surface area contributed by atoms with Crippen molar-refractivity contribution in [1.29, 1.82) is 0 Å². The minimum atomic E-state index is -0.250. The van der Waals surface area contributed by atoms with E-state index < -0.39 is 0 Å². The van der Waals surface area contributed by atoms with Crippen LogP contribution in [0, 0.1) is 0 Å². The van der Waals surface area contributed by atoms with E-state index in [4.69, 9.17) is 4.74 Å². The molecule has 1 atom stereocenters. The van der Waals surface area contributed by atoms with Gasteiger partial charge >= 0.3 is 0 Å². The molecule has 0 saturated heterocycles. The predicted octanol–water partition coefficient (Wildman–Crippen LogP) is 5.39. The molecule has 1 amide bonds. The lowest BCUT2D eigenvalue weighted by Gasteiger charge is -2.46. The zero-order valence-corrected chi connectivity index (χ0v) is 16.1. The number of amides is 1. The summed E-state index contributed by atoms with van der Waals surface area (Å²) in [6.07, 6.45) is 0.910. The summed E-state index contributed by atoms with van der Waals surface area (Å²) in [7, 11) is 1.67. The van der Waals surface area contributed by atoms with Crippen LogP contribution in [0.3, 0.4) is 0 Å². The molecule has 24 heavy (non-hydrogen) atoms. The average molecular weight is 388 g/mol. The molecule has 2 aromatic carbocycles. The fraction of sp³-hybridized carbons (Fsp3) is 0.350. The number of ether oxygens (including phenoxy) is 1. The maximum atomic E-state index is 13.3. The molecule has 4 heteroatoms. The normalized spacial score (nSPS) is 18.9. The van der Waals surface area contributed by atoms with Crippen LogP contribution >= 0.6 is 15.9 Å². The van der Waals surface area contributed by atoms with Crippen LogP contribution < -0.4 is 9.64 Å². The zero-order valence-electron chi connectivity index (χ0n) is 14.5. The first-order valence-electron chi connectivity index (χ1n) is 8.11. The van der Waals surface area contributed by atoms with Crippen LogP contribution in [0.25, 0.3) is 0 Å². The van der Waals surface area contributed by atoms with Crippen molar-refractivity contribution in [1.82, 2.24) is 0 Å². The molecule has 0 aromatic heterocycles. The molecule has 0 unspecified atom stereocenters. The molecule has 3 rings (SSSR count). The summed E-state index contributed by atoms with van der Waals surface area (Å²) in [5.41, 5.74) is 2.58. The SMILES string of the molecule is COc1ccc2c(c1)[C@@H](C)CC(C)(C)N2C(=O)c1cccc(Br)c1. The van der Waals surface area contributed by atoms with E-state index in [0.29, 0.717) is 11.5 Å². The number of halogens is 1. The zero-order chi connectivity index (χ0) is 17.5. The van der Waals surface area contributed by atoms with Gasteiger partial charge in [0.2, 0.25) is 0 Å². The van der Waals surface area contributed by atoms with Gasteiger partial charge in [0.1, 0.15) is 5.75 Å². The van der Waals surface area contributed by atoms with Gasteiger partial charge in [0, 0.05) is 21.3 Å². The van der Waals surface area contributed by atoms with E-state index >= 15 is 0 Å². The van der Waals surface area contributed by atoms with Crippen molar-refractivity contribution < 1.29 is 9.53 Å². The molecule has 126 valence electrons. The first-order chi connectivity index (χ1) is 11.3. The Hall–Kier alpha value is -1.81. The molecule has 0 spiro atoms. The van der Waals surface area contributed by atoms with Gasteiger partial charge < -0.3 is 9.64 Å². The van der Waals surface area contributed by atoms with Crippen molar-refractivity contribution >= 4 is 27.5 Å². The minimum Gasteiger partial charge on any atom is -0.497 e. The molecule has 1 aliphatic heterocycles. The van der Waals surface area contributed by atoms with Crippen LogP contribution in [0.4, 0.5) is 5.69 Å². The number of nitrogens with zero attached hydrogens (tertiary/aromatic N) is 1. The molecular weight excluding hydrogens is 366 g/mol. The molecule has 0 N–H and O–H groups in total.